The number of ether oxygens (including phenoxy) is 1. The molecule has 190 valence electrons. The molecule has 1 aromatic heterocycles. The fourth-order valence-corrected chi connectivity index (χ4v) is 6.88. The Morgan fingerprint density at radius 1 is 0.972 bits per heavy atom. The number of hydrogen-bond donors (Lipinski definition) is 0. The number of halogens is 1. The van der Waals surface area contributed by atoms with Crippen LogP contribution in [0, 0.1) is 17.7 Å². The summed E-state index contributed by atoms with van der Waals surface area (Å²) in [7, 11) is 0. The van der Waals surface area contributed by atoms with Crippen molar-refractivity contribution in [1.29, 1.82) is 0 Å². The molecular weight excluding hydrogens is 455 g/mol. The van der Waals surface area contributed by atoms with E-state index in [1.807, 2.05) is 30.3 Å². The zero-order chi connectivity index (χ0) is 24.6. The smallest absolute Gasteiger partial charge is 0.188 e. The number of rotatable bonds is 7. The van der Waals surface area contributed by atoms with Crippen molar-refractivity contribution in [2.24, 2.45) is 11.8 Å². The van der Waals surface area contributed by atoms with E-state index in [1.54, 1.807) is 18.3 Å². The highest BCUT2D eigenvalue weighted by Crippen LogP contribution is 2.42. The van der Waals surface area contributed by atoms with Crippen LogP contribution in [-0.4, -0.2) is 35.2 Å². The summed E-state index contributed by atoms with van der Waals surface area (Å²) in [5.74, 6) is 2.10. The van der Waals surface area contributed by atoms with Crippen LogP contribution in [0.5, 0.6) is 5.75 Å². The lowest BCUT2D eigenvalue weighted by molar-refractivity contribution is -0.958. The molecule has 1 aliphatic carbocycles. The third kappa shape index (κ3) is 4.46. The van der Waals surface area contributed by atoms with E-state index in [9.17, 15) is 9.50 Å². The van der Waals surface area contributed by atoms with Crippen molar-refractivity contribution in [3.63, 3.8) is 0 Å². The number of piperidine rings is 3. The lowest BCUT2D eigenvalue weighted by Gasteiger charge is -2.51. The van der Waals surface area contributed by atoms with Crippen molar-refractivity contribution >= 4 is 0 Å². The Hall–Kier alpha value is -2.70. The average molecular weight is 491 g/mol. The van der Waals surface area contributed by atoms with Crippen molar-refractivity contribution in [3.05, 3.63) is 83.8 Å². The van der Waals surface area contributed by atoms with E-state index in [2.05, 4.69) is 4.98 Å². The molecule has 7 rings (SSSR count). The third-order valence-electron chi connectivity index (χ3n) is 8.89. The highest BCUT2D eigenvalue weighted by Gasteiger charge is 2.48. The first-order valence-electron chi connectivity index (χ1n) is 13.5. The maximum atomic E-state index is 14.6. The molecule has 4 fully saturated rings. The van der Waals surface area contributed by atoms with Gasteiger partial charge < -0.3 is 18.7 Å². The maximum absolute atomic E-state index is 14.6. The van der Waals surface area contributed by atoms with Gasteiger partial charge in [0.1, 0.15) is 24.7 Å². The van der Waals surface area contributed by atoms with Crippen LogP contribution in [0.4, 0.5) is 4.39 Å². The Bertz CT molecular complexity index is 1150. The summed E-state index contributed by atoms with van der Waals surface area (Å²) < 4.78 is 26.9. The third-order valence-corrected chi connectivity index (χ3v) is 8.89. The Balaban J connectivity index is 1.23. The summed E-state index contributed by atoms with van der Waals surface area (Å²) in [6.45, 7) is 3.77. The molecule has 4 aliphatic rings. The molecule has 3 saturated heterocycles. The zero-order valence-corrected chi connectivity index (χ0v) is 20.8. The van der Waals surface area contributed by atoms with Crippen LogP contribution in [-0.2, 0) is 12.1 Å². The maximum Gasteiger partial charge on any atom is 0.188 e. The van der Waals surface area contributed by atoms with Gasteiger partial charge in [-0.25, -0.2) is 9.37 Å². The molecule has 6 heteroatoms. The van der Waals surface area contributed by atoms with Crippen molar-refractivity contribution in [3.8, 4) is 5.75 Å². The number of nitrogens with zero attached hydrogens (tertiary/aromatic N) is 2. The summed E-state index contributed by atoms with van der Waals surface area (Å²) in [6, 6.07) is 16.0. The van der Waals surface area contributed by atoms with E-state index in [4.69, 9.17) is 9.15 Å². The highest BCUT2D eigenvalue weighted by atomic mass is 19.1. The first kappa shape index (κ1) is 23.7. The quantitative estimate of drug-likeness (QED) is 0.428. The molecule has 2 aromatic carbocycles. The fourth-order valence-electron chi connectivity index (χ4n) is 6.88. The van der Waals surface area contributed by atoms with Gasteiger partial charge in [0.05, 0.1) is 19.3 Å². The Morgan fingerprint density at radius 3 is 2.42 bits per heavy atom. The standard InChI is InChI=1S/C30H35FN2O3/c31-25-11-13-26(14-12-25)35-28-21-33(17-15-22(28)16-18-33)20-27-19-32-29(36-27)30(34,23-7-3-1-4-8-23)24-9-5-2-6-10-24/h1,3-4,7-8,11-14,19,22,24,28H,2,5-6,9-10,15-18,20-21H2/t22?,28-,30-,33?/m0/s1. The van der Waals surface area contributed by atoms with E-state index in [0.29, 0.717) is 11.8 Å². The molecule has 2 bridgehead atoms. The monoisotopic (exact) mass is 490 g/mol. The summed E-state index contributed by atoms with van der Waals surface area (Å²) in [5.41, 5.74) is -0.702. The van der Waals surface area contributed by atoms with Gasteiger partial charge in [0, 0.05) is 18.8 Å². The zero-order valence-electron chi connectivity index (χ0n) is 20.8. The number of benzene rings is 2. The number of hydrogen-bond acceptors (Lipinski definition) is 4. The van der Waals surface area contributed by atoms with E-state index >= 15 is 0 Å². The summed E-state index contributed by atoms with van der Waals surface area (Å²) in [6.07, 6.45) is 9.30. The molecule has 0 unspecified atom stereocenters. The van der Waals surface area contributed by atoms with Crippen molar-refractivity contribution in [2.45, 2.75) is 63.2 Å². The number of oxazole rings is 1. The van der Waals surface area contributed by atoms with Gasteiger partial charge in [0.15, 0.2) is 17.8 Å². The molecule has 0 amide bonds. The highest BCUT2D eigenvalue weighted by molar-refractivity contribution is 5.29. The molecule has 0 radical (unpaired) electrons. The largest absolute Gasteiger partial charge is 0.839 e. The Labute approximate surface area is 212 Å². The second-order valence-electron chi connectivity index (χ2n) is 11.1. The number of quaternary nitrogens is 1. The van der Waals surface area contributed by atoms with E-state index in [-0.39, 0.29) is 17.8 Å². The van der Waals surface area contributed by atoms with E-state index in [0.717, 1.165) is 86.3 Å². The summed E-state index contributed by atoms with van der Waals surface area (Å²) in [4.78, 5) is 4.62. The molecule has 0 N–H and O–H groups in total. The first-order valence-corrected chi connectivity index (χ1v) is 13.5. The van der Waals surface area contributed by atoms with Crippen LogP contribution in [0.1, 0.15) is 62.2 Å². The minimum atomic E-state index is -1.46. The Kier molecular flexibility index (Phi) is 6.34. The molecule has 2 atom stereocenters. The Morgan fingerprint density at radius 2 is 1.69 bits per heavy atom. The lowest BCUT2D eigenvalue weighted by Crippen LogP contribution is -2.64. The molecule has 3 aromatic rings. The van der Waals surface area contributed by atoms with Gasteiger partial charge in [0.25, 0.3) is 0 Å². The van der Waals surface area contributed by atoms with Crippen LogP contribution in [0.2, 0.25) is 0 Å². The van der Waals surface area contributed by atoms with Crippen LogP contribution in [0.25, 0.3) is 0 Å². The van der Waals surface area contributed by atoms with Gasteiger partial charge in [-0.1, -0.05) is 62.4 Å². The molecule has 0 spiro atoms. The molecule has 4 heterocycles. The second-order valence-corrected chi connectivity index (χ2v) is 11.1. The second kappa shape index (κ2) is 9.64. The van der Waals surface area contributed by atoms with Gasteiger partial charge >= 0.3 is 0 Å². The molecule has 3 aliphatic heterocycles. The van der Waals surface area contributed by atoms with E-state index in [1.165, 1.54) is 18.6 Å². The van der Waals surface area contributed by atoms with Gasteiger partial charge in [-0.05, 0) is 41.3 Å². The van der Waals surface area contributed by atoms with Gasteiger partial charge in [-0.3, -0.25) is 0 Å². The first-order chi connectivity index (χ1) is 17.5. The molecular formula is C30H35FN2O3. The molecule has 36 heavy (non-hydrogen) atoms. The number of aromatic nitrogens is 1. The minimum Gasteiger partial charge on any atom is -0.839 e. The number of fused-ring (bicyclic) bond motifs is 3. The summed E-state index contributed by atoms with van der Waals surface area (Å²) in [5, 5.41) is 14.6. The minimum absolute atomic E-state index is 0.00795. The van der Waals surface area contributed by atoms with Crippen LogP contribution >= 0.6 is 0 Å². The van der Waals surface area contributed by atoms with Crippen LogP contribution < -0.4 is 9.84 Å². The van der Waals surface area contributed by atoms with Crippen molar-refractivity contribution in [1.82, 2.24) is 4.98 Å². The van der Waals surface area contributed by atoms with E-state index < -0.39 is 5.60 Å². The lowest BCUT2D eigenvalue weighted by atomic mass is 9.73. The average Bonchev–Trinajstić information content (AvgIpc) is 3.39. The molecule has 5 nitrogen and oxygen atoms in total. The van der Waals surface area contributed by atoms with Crippen LogP contribution in [0.15, 0.2) is 65.2 Å². The SMILES string of the molecule is [O-][C@](c1ccccc1)(c1ncc(C[N+]23CCC(CC2)[C@@H](Oc2ccc(F)cc2)C3)o1)C1CCCCC1. The van der Waals surface area contributed by atoms with Crippen LogP contribution in [0.3, 0.4) is 0 Å². The normalized spacial score (nSPS) is 28.1. The predicted molar refractivity (Wildman–Crippen MR) is 132 cm³/mol. The van der Waals surface area contributed by atoms with Gasteiger partial charge in [-0.2, -0.15) is 0 Å². The molecule has 1 saturated carbocycles. The van der Waals surface area contributed by atoms with Crippen molar-refractivity contribution < 1.29 is 23.1 Å². The van der Waals surface area contributed by atoms with Crippen molar-refractivity contribution in [2.75, 3.05) is 19.6 Å². The predicted octanol–water partition coefficient (Wildman–Crippen LogP) is 5.19. The topological polar surface area (TPSA) is 58.3 Å². The van der Waals surface area contributed by atoms with Gasteiger partial charge in [0.2, 0.25) is 0 Å². The van der Waals surface area contributed by atoms with Gasteiger partial charge in [-0.15, -0.1) is 0 Å². The fraction of sp³-hybridized carbons (Fsp3) is 0.500. The summed E-state index contributed by atoms with van der Waals surface area (Å²) >= 11 is 0.